The van der Waals surface area contributed by atoms with Crippen molar-refractivity contribution in [1.29, 1.82) is 0 Å². The third kappa shape index (κ3) is 2.86. The average Bonchev–Trinajstić information content (AvgIpc) is 2.80. The molecule has 0 spiro atoms. The van der Waals surface area contributed by atoms with E-state index in [2.05, 4.69) is 0 Å². The molecule has 1 atom stereocenters. The quantitative estimate of drug-likeness (QED) is 0.858. The lowest BCUT2D eigenvalue weighted by molar-refractivity contribution is -0.0443. The van der Waals surface area contributed by atoms with Crippen molar-refractivity contribution < 1.29 is 14.6 Å². The number of rotatable bonds is 2. The Balaban J connectivity index is 2.22. The van der Waals surface area contributed by atoms with Crippen LogP contribution in [0.1, 0.15) is 44.3 Å². The van der Waals surface area contributed by atoms with Gasteiger partial charge in [0.15, 0.2) is 6.29 Å². The van der Waals surface area contributed by atoms with Gasteiger partial charge in [-0.05, 0) is 17.0 Å². The zero-order valence-corrected chi connectivity index (χ0v) is 10.6. The zero-order chi connectivity index (χ0) is 12.5. The molecule has 3 nitrogen and oxygen atoms in total. The van der Waals surface area contributed by atoms with E-state index < -0.39 is 6.10 Å². The summed E-state index contributed by atoms with van der Waals surface area (Å²) in [5, 5.41) is 10.2. The molecule has 0 radical (unpaired) electrons. The van der Waals surface area contributed by atoms with Crippen molar-refractivity contribution in [3.63, 3.8) is 0 Å². The van der Waals surface area contributed by atoms with Crippen LogP contribution in [0.15, 0.2) is 24.3 Å². The van der Waals surface area contributed by atoms with Crippen molar-refractivity contribution in [3.05, 3.63) is 35.4 Å². The number of hydrogen-bond acceptors (Lipinski definition) is 3. The van der Waals surface area contributed by atoms with Gasteiger partial charge < -0.3 is 14.6 Å². The van der Waals surface area contributed by atoms with Crippen LogP contribution in [-0.2, 0) is 9.47 Å². The van der Waals surface area contributed by atoms with Crippen LogP contribution in [0.3, 0.4) is 0 Å². The van der Waals surface area contributed by atoms with E-state index in [9.17, 15) is 5.11 Å². The summed E-state index contributed by atoms with van der Waals surface area (Å²) in [4.78, 5) is 0. The van der Waals surface area contributed by atoms with E-state index in [0.717, 1.165) is 11.1 Å². The molecule has 1 aromatic rings. The Morgan fingerprint density at radius 3 is 2.47 bits per heavy atom. The van der Waals surface area contributed by atoms with E-state index in [-0.39, 0.29) is 11.7 Å². The summed E-state index contributed by atoms with van der Waals surface area (Å²) in [7, 11) is 0. The lowest BCUT2D eigenvalue weighted by Gasteiger charge is -2.26. The van der Waals surface area contributed by atoms with Gasteiger partial charge in [0.05, 0.1) is 19.3 Å². The van der Waals surface area contributed by atoms with Crippen molar-refractivity contribution >= 4 is 0 Å². The fourth-order valence-electron chi connectivity index (χ4n) is 1.93. The summed E-state index contributed by atoms with van der Waals surface area (Å²) in [5.41, 5.74) is 1.72. The fourth-order valence-corrected chi connectivity index (χ4v) is 1.93. The predicted octanol–water partition coefficient (Wildman–Crippen LogP) is 2.81. The zero-order valence-electron chi connectivity index (χ0n) is 10.6. The summed E-state index contributed by atoms with van der Waals surface area (Å²) in [5.74, 6) is 0. The van der Waals surface area contributed by atoms with Gasteiger partial charge in [-0.15, -0.1) is 0 Å². The van der Waals surface area contributed by atoms with E-state index in [4.69, 9.17) is 9.47 Å². The van der Waals surface area contributed by atoms with E-state index in [1.165, 1.54) is 0 Å². The molecule has 0 saturated carbocycles. The van der Waals surface area contributed by atoms with Crippen molar-refractivity contribution in [2.75, 3.05) is 13.2 Å². The summed E-state index contributed by atoms with van der Waals surface area (Å²) in [6.45, 7) is 7.33. The first kappa shape index (κ1) is 12.6. The standard InChI is InChI=1S/C14H20O3/c1-14(2,3)12(15)10-5-4-6-11(9-10)13-16-7-8-17-13/h4-6,9,12-13,15H,7-8H2,1-3H3. The second-order valence-corrected chi connectivity index (χ2v) is 5.51. The molecule has 1 N–H and O–H groups in total. The first-order chi connectivity index (χ1) is 7.98. The third-order valence-corrected chi connectivity index (χ3v) is 2.94. The molecule has 1 aliphatic heterocycles. The minimum absolute atomic E-state index is 0.171. The van der Waals surface area contributed by atoms with Gasteiger partial charge in [-0.3, -0.25) is 0 Å². The lowest BCUT2D eigenvalue weighted by atomic mass is 9.84. The van der Waals surface area contributed by atoms with Crippen LogP contribution in [0.5, 0.6) is 0 Å². The van der Waals surface area contributed by atoms with Gasteiger partial charge in [-0.25, -0.2) is 0 Å². The first-order valence-electron chi connectivity index (χ1n) is 5.99. The third-order valence-electron chi connectivity index (χ3n) is 2.94. The number of aliphatic hydroxyl groups excluding tert-OH is 1. The molecule has 1 heterocycles. The second kappa shape index (κ2) is 4.77. The molecule has 1 aliphatic rings. The minimum atomic E-state index is -0.483. The average molecular weight is 236 g/mol. The van der Waals surface area contributed by atoms with Crippen LogP contribution in [0, 0.1) is 5.41 Å². The largest absolute Gasteiger partial charge is 0.388 e. The monoisotopic (exact) mass is 236 g/mol. The second-order valence-electron chi connectivity index (χ2n) is 5.51. The minimum Gasteiger partial charge on any atom is -0.388 e. The highest BCUT2D eigenvalue weighted by molar-refractivity contribution is 5.27. The van der Waals surface area contributed by atoms with Gasteiger partial charge in [0, 0.05) is 5.56 Å². The Labute approximate surface area is 102 Å². The van der Waals surface area contributed by atoms with Crippen LogP contribution >= 0.6 is 0 Å². The maximum absolute atomic E-state index is 10.2. The number of aliphatic hydroxyl groups is 1. The molecule has 0 bridgehead atoms. The molecule has 3 heteroatoms. The fraction of sp³-hybridized carbons (Fsp3) is 0.571. The number of hydrogen-bond donors (Lipinski definition) is 1. The van der Waals surface area contributed by atoms with Gasteiger partial charge in [0.25, 0.3) is 0 Å². The molecular weight excluding hydrogens is 216 g/mol. The predicted molar refractivity (Wildman–Crippen MR) is 65.5 cm³/mol. The Kier molecular flexibility index (Phi) is 3.52. The smallest absolute Gasteiger partial charge is 0.184 e. The van der Waals surface area contributed by atoms with Gasteiger partial charge in [0.1, 0.15) is 0 Å². The van der Waals surface area contributed by atoms with Crippen LogP contribution in [-0.4, -0.2) is 18.3 Å². The van der Waals surface area contributed by atoms with E-state index >= 15 is 0 Å². The van der Waals surface area contributed by atoms with Gasteiger partial charge in [0.2, 0.25) is 0 Å². The summed E-state index contributed by atoms with van der Waals surface area (Å²) in [6.07, 6.45) is -0.758. The SMILES string of the molecule is CC(C)(C)C(O)c1cccc(C2OCCO2)c1. The topological polar surface area (TPSA) is 38.7 Å². The number of benzene rings is 1. The molecule has 1 aromatic carbocycles. The Bertz CT molecular complexity index is 375. The first-order valence-corrected chi connectivity index (χ1v) is 5.99. The summed E-state index contributed by atoms with van der Waals surface area (Å²) in [6, 6.07) is 7.81. The Hall–Kier alpha value is -0.900. The summed E-state index contributed by atoms with van der Waals surface area (Å²) >= 11 is 0. The molecule has 2 rings (SSSR count). The molecular formula is C14H20O3. The van der Waals surface area contributed by atoms with Crippen molar-refractivity contribution in [3.8, 4) is 0 Å². The van der Waals surface area contributed by atoms with E-state index in [0.29, 0.717) is 13.2 Å². The molecule has 0 aliphatic carbocycles. The van der Waals surface area contributed by atoms with E-state index in [1.807, 2.05) is 45.0 Å². The van der Waals surface area contributed by atoms with Crippen molar-refractivity contribution in [2.24, 2.45) is 5.41 Å². The van der Waals surface area contributed by atoms with Crippen LogP contribution in [0.25, 0.3) is 0 Å². The maximum Gasteiger partial charge on any atom is 0.184 e. The van der Waals surface area contributed by atoms with Crippen LogP contribution in [0.4, 0.5) is 0 Å². The van der Waals surface area contributed by atoms with Gasteiger partial charge in [-0.2, -0.15) is 0 Å². The maximum atomic E-state index is 10.2. The molecule has 94 valence electrons. The van der Waals surface area contributed by atoms with Gasteiger partial charge >= 0.3 is 0 Å². The van der Waals surface area contributed by atoms with Crippen LogP contribution < -0.4 is 0 Å². The van der Waals surface area contributed by atoms with Crippen LogP contribution in [0.2, 0.25) is 0 Å². The molecule has 0 aromatic heterocycles. The highest BCUT2D eigenvalue weighted by Crippen LogP contribution is 2.34. The summed E-state index contributed by atoms with van der Waals surface area (Å²) < 4.78 is 10.9. The van der Waals surface area contributed by atoms with Crippen molar-refractivity contribution in [2.45, 2.75) is 33.2 Å². The molecule has 0 amide bonds. The molecule has 1 unspecified atom stereocenters. The highest BCUT2D eigenvalue weighted by Gasteiger charge is 2.25. The Morgan fingerprint density at radius 2 is 1.88 bits per heavy atom. The van der Waals surface area contributed by atoms with Gasteiger partial charge in [-0.1, -0.05) is 39.0 Å². The molecule has 1 fully saturated rings. The molecule has 17 heavy (non-hydrogen) atoms. The number of ether oxygens (including phenoxy) is 2. The lowest BCUT2D eigenvalue weighted by Crippen LogP contribution is -2.18. The van der Waals surface area contributed by atoms with Crippen molar-refractivity contribution in [1.82, 2.24) is 0 Å². The highest BCUT2D eigenvalue weighted by atomic mass is 16.7. The molecule has 1 saturated heterocycles. The Morgan fingerprint density at radius 1 is 1.24 bits per heavy atom. The van der Waals surface area contributed by atoms with E-state index in [1.54, 1.807) is 0 Å². The normalized spacial score (nSPS) is 19.5.